The van der Waals surface area contributed by atoms with Crippen LogP contribution in [0.3, 0.4) is 0 Å². The summed E-state index contributed by atoms with van der Waals surface area (Å²) in [4.78, 5) is 17.4. The molecule has 0 atom stereocenters. The zero-order valence-electron chi connectivity index (χ0n) is 13.9. The second kappa shape index (κ2) is 7.52. The lowest BCUT2D eigenvalue weighted by atomic mass is 10.1. The number of benzene rings is 1. The first-order chi connectivity index (χ1) is 12.9. The Hall–Kier alpha value is -3.61. The first-order valence-corrected chi connectivity index (χ1v) is 8.20. The molecule has 0 aliphatic carbocycles. The van der Waals surface area contributed by atoms with Crippen molar-refractivity contribution >= 4 is 5.95 Å². The third kappa shape index (κ3) is 3.89. The van der Waals surface area contributed by atoms with E-state index in [-0.39, 0.29) is 0 Å². The summed E-state index contributed by atoms with van der Waals surface area (Å²) in [6.45, 7) is 0.355. The number of rotatable bonds is 6. The zero-order chi connectivity index (χ0) is 17.6. The molecule has 3 heterocycles. The maximum atomic E-state index is 5.28. The Bertz CT molecular complexity index is 972. The topological polar surface area (TPSA) is 89.6 Å². The molecule has 0 spiro atoms. The average molecular weight is 344 g/mol. The van der Waals surface area contributed by atoms with Gasteiger partial charge in [0.25, 0.3) is 0 Å². The highest BCUT2D eigenvalue weighted by Gasteiger charge is 2.08. The van der Waals surface area contributed by atoms with Gasteiger partial charge in [-0.2, -0.15) is 4.98 Å². The lowest BCUT2D eigenvalue weighted by Gasteiger charge is -2.04. The molecule has 7 heteroatoms. The summed E-state index contributed by atoms with van der Waals surface area (Å²) in [5, 5.41) is 7.11. The first kappa shape index (κ1) is 15.9. The summed E-state index contributed by atoms with van der Waals surface area (Å²) >= 11 is 0. The Balaban J connectivity index is 1.40. The molecular weight excluding hydrogens is 328 g/mol. The number of nitrogens with one attached hydrogen (secondary N) is 1. The third-order valence-electron chi connectivity index (χ3n) is 3.70. The van der Waals surface area contributed by atoms with E-state index < -0.39 is 0 Å². The monoisotopic (exact) mass is 344 g/mol. The van der Waals surface area contributed by atoms with Crippen molar-refractivity contribution in [2.24, 2.45) is 0 Å². The number of pyridine rings is 1. The van der Waals surface area contributed by atoms with E-state index in [1.807, 2.05) is 54.6 Å². The van der Waals surface area contributed by atoms with Gasteiger partial charge in [0.05, 0.1) is 17.9 Å². The van der Waals surface area contributed by atoms with Crippen LogP contribution in [0.1, 0.15) is 17.3 Å². The molecule has 128 valence electrons. The number of hydrogen-bond acceptors (Lipinski definition) is 7. The summed E-state index contributed by atoms with van der Waals surface area (Å²) in [6.07, 6.45) is 4.06. The van der Waals surface area contributed by atoms with Gasteiger partial charge in [0.2, 0.25) is 11.8 Å². The van der Waals surface area contributed by atoms with Crippen LogP contribution in [0.5, 0.6) is 0 Å². The number of anilines is 1. The van der Waals surface area contributed by atoms with E-state index in [1.54, 1.807) is 12.4 Å². The highest BCUT2D eigenvalue weighted by molar-refractivity contribution is 5.54. The number of aromatic nitrogens is 5. The van der Waals surface area contributed by atoms with Crippen LogP contribution >= 0.6 is 0 Å². The number of nitrogens with zero attached hydrogens (tertiary/aromatic N) is 5. The van der Waals surface area contributed by atoms with Gasteiger partial charge in [-0.3, -0.25) is 4.98 Å². The lowest BCUT2D eigenvalue weighted by Crippen LogP contribution is -2.04. The Kier molecular flexibility index (Phi) is 4.60. The van der Waals surface area contributed by atoms with Crippen LogP contribution < -0.4 is 5.32 Å². The molecule has 1 aromatic carbocycles. The quantitative estimate of drug-likeness (QED) is 0.575. The molecule has 0 amide bonds. The minimum Gasteiger partial charge on any atom is -0.345 e. The maximum Gasteiger partial charge on any atom is 0.246 e. The maximum absolute atomic E-state index is 5.28. The highest BCUT2D eigenvalue weighted by atomic mass is 16.5. The smallest absolute Gasteiger partial charge is 0.246 e. The van der Waals surface area contributed by atoms with E-state index in [9.17, 15) is 0 Å². The van der Waals surface area contributed by atoms with Crippen molar-refractivity contribution in [2.45, 2.75) is 13.0 Å². The van der Waals surface area contributed by atoms with Gasteiger partial charge < -0.3 is 9.84 Å². The van der Waals surface area contributed by atoms with Crippen LogP contribution in [0.2, 0.25) is 0 Å². The Morgan fingerprint density at radius 3 is 2.54 bits per heavy atom. The molecule has 7 nitrogen and oxygen atoms in total. The van der Waals surface area contributed by atoms with Gasteiger partial charge in [-0.15, -0.1) is 0 Å². The summed E-state index contributed by atoms with van der Waals surface area (Å²) in [6, 6.07) is 17.5. The molecule has 0 saturated heterocycles. The van der Waals surface area contributed by atoms with Gasteiger partial charge in [0, 0.05) is 18.8 Å². The van der Waals surface area contributed by atoms with Gasteiger partial charge in [-0.1, -0.05) is 41.6 Å². The third-order valence-corrected chi connectivity index (χ3v) is 3.70. The van der Waals surface area contributed by atoms with E-state index >= 15 is 0 Å². The van der Waals surface area contributed by atoms with Crippen molar-refractivity contribution in [2.75, 3.05) is 5.32 Å². The largest absolute Gasteiger partial charge is 0.345 e. The van der Waals surface area contributed by atoms with Crippen LogP contribution in [0.25, 0.3) is 11.4 Å². The molecular formula is C19H16N6O. The van der Waals surface area contributed by atoms with Crippen LogP contribution in [0.4, 0.5) is 5.95 Å². The number of hydrogen-bond donors (Lipinski definition) is 1. The van der Waals surface area contributed by atoms with Crippen molar-refractivity contribution in [1.29, 1.82) is 0 Å². The molecule has 4 rings (SSSR count). The van der Waals surface area contributed by atoms with E-state index in [0.717, 1.165) is 17.0 Å². The van der Waals surface area contributed by atoms with Crippen molar-refractivity contribution in [3.63, 3.8) is 0 Å². The van der Waals surface area contributed by atoms with Gasteiger partial charge >= 0.3 is 0 Å². The molecule has 1 N–H and O–H groups in total. The average Bonchev–Trinajstić information content (AvgIpc) is 3.15. The molecule has 3 aromatic heterocycles. The molecule has 0 bridgehead atoms. The van der Waals surface area contributed by atoms with Crippen LogP contribution in [0.15, 0.2) is 71.5 Å². The fraction of sp³-hybridized carbons (Fsp3) is 0.105. The van der Waals surface area contributed by atoms with Crippen molar-refractivity contribution < 1.29 is 4.52 Å². The van der Waals surface area contributed by atoms with E-state index in [0.29, 0.717) is 30.6 Å². The molecule has 0 aliphatic heterocycles. The summed E-state index contributed by atoms with van der Waals surface area (Å²) in [7, 11) is 0. The van der Waals surface area contributed by atoms with Crippen molar-refractivity contribution in [1.82, 2.24) is 25.1 Å². The van der Waals surface area contributed by atoms with E-state index in [4.69, 9.17) is 4.52 Å². The fourth-order valence-electron chi connectivity index (χ4n) is 2.47. The van der Waals surface area contributed by atoms with Gasteiger partial charge in [-0.25, -0.2) is 9.97 Å². The van der Waals surface area contributed by atoms with Gasteiger partial charge in [-0.05, 0) is 23.8 Å². The van der Waals surface area contributed by atoms with Gasteiger partial charge in [0.1, 0.15) is 0 Å². The molecule has 0 aliphatic rings. The van der Waals surface area contributed by atoms with E-state index in [2.05, 4.69) is 30.4 Å². The second-order valence-electron chi connectivity index (χ2n) is 5.60. The molecule has 0 fully saturated rings. The molecule has 26 heavy (non-hydrogen) atoms. The van der Waals surface area contributed by atoms with E-state index in [1.165, 1.54) is 0 Å². The molecule has 0 saturated carbocycles. The Morgan fingerprint density at radius 1 is 0.808 bits per heavy atom. The Morgan fingerprint density at radius 2 is 1.69 bits per heavy atom. The first-order valence-electron chi connectivity index (χ1n) is 8.20. The fourth-order valence-corrected chi connectivity index (χ4v) is 2.47. The minimum atomic E-state index is 0.355. The van der Waals surface area contributed by atoms with Crippen molar-refractivity contribution in [3.05, 3.63) is 84.3 Å². The second-order valence-corrected chi connectivity index (χ2v) is 5.60. The van der Waals surface area contributed by atoms with Crippen LogP contribution in [0, 0.1) is 0 Å². The standard InChI is InChI=1S/C19H16N6O/c1-2-6-14(7-3-1)12-17-24-18(26-25-17)13-22-19-21-11-9-16(23-19)15-8-4-5-10-20-15/h1-11H,12-13H2,(H,21,22,23). The lowest BCUT2D eigenvalue weighted by molar-refractivity contribution is 0.378. The SMILES string of the molecule is c1ccc(Cc2noc(CNc3nccc(-c4ccccn4)n3)n2)cc1. The molecule has 4 aromatic rings. The highest BCUT2D eigenvalue weighted by Crippen LogP contribution is 2.14. The summed E-state index contributed by atoms with van der Waals surface area (Å²) in [5.74, 6) is 1.62. The minimum absolute atomic E-state index is 0.355. The summed E-state index contributed by atoms with van der Waals surface area (Å²) < 4.78 is 5.28. The molecule has 0 radical (unpaired) electrons. The van der Waals surface area contributed by atoms with Crippen LogP contribution in [-0.2, 0) is 13.0 Å². The van der Waals surface area contributed by atoms with Crippen LogP contribution in [-0.4, -0.2) is 25.1 Å². The zero-order valence-corrected chi connectivity index (χ0v) is 13.9. The van der Waals surface area contributed by atoms with Gasteiger partial charge in [0.15, 0.2) is 5.82 Å². The Labute approximate surface area is 150 Å². The predicted octanol–water partition coefficient (Wildman–Crippen LogP) is 3.12. The predicted molar refractivity (Wildman–Crippen MR) is 96.1 cm³/mol. The van der Waals surface area contributed by atoms with Crippen molar-refractivity contribution in [3.8, 4) is 11.4 Å². The molecule has 0 unspecified atom stereocenters. The summed E-state index contributed by atoms with van der Waals surface area (Å²) in [5.41, 5.74) is 2.68. The normalized spacial score (nSPS) is 10.6.